The molecule has 1 aliphatic rings. The predicted molar refractivity (Wildman–Crippen MR) is 125 cm³/mol. The normalized spacial score (nSPS) is 19.5. The van der Waals surface area contributed by atoms with Gasteiger partial charge in [-0.2, -0.15) is 13.2 Å². The van der Waals surface area contributed by atoms with E-state index < -0.39 is 18.6 Å². The Morgan fingerprint density at radius 1 is 1.23 bits per heavy atom. The van der Waals surface area contributed by atoms with E-state index in [-0.39, 0.29) is 29.6 Å². The van der Waals surface area contributed by atoms with E-state index in [1.165, 1.54) is 14.0 Å². The summed E-state index contributed by atoms with van der Waals surface area (Å²) < 4.78 is 40.1. The average molecular weight is 491 g/mol. The number of pyridine rings is 1. The van der Waals surface area contributed by atoms with Gasteiger partial charge in [-0.15, -0.1) is 5.10 Å². The number of nitrogens with zero attached hydrogens (tertiary/aromatic N) is 4. The van der Waals surface area contributed by atoms with Crippen LogP contribution in [0.4, 0.5) is 19.1 Å². The number of halogens is 3. The first kappa shape index (κ1) is 24.9. The first-order chi connectivity index (χ1) is 16.5. The molecule has 35 heavy (non-hydrogen) atoms. The van der Waals surface area contributed by atoms with Crippen LogP contribution < -0.4 is 10.6 Å². The van der Waals surface area contributed by atoms with Gasteiger partial charge in [0, 0.05) is 36.0 Å². The molecule has 0 spiro atoms. The lowest BCUT2D eigenvalue weighted by atomic mass is 9.85. The largest absolute Gasteiger partial charge is 0.393 e. The third-order valence-corrected chi connectivity index (χ3v) is 6.30. The third kappa shape index (κ3) is 5.72. The Balaban J connectivity index is 1.79. The highest BCUT2D eigenvalue weighted by molar-refractivity contribution is 5.94. The van der Waals surface area contributed by atoms with Crippen LogP contribution in [0.3, 0.4) is 0 Å². The van der Waals surface area contributed by atoms with Crippen molar-refractivity contribution >= 4 is 17.4 Å². The Bertz CT molecular complexity index is 1220. The molecule has 11 heteroatoms. The second kappa shape index (κ2) is 9.80. The number of fused-ring (bicyclic) bond motifs is 1. The molecule has 0 unspecified atom stereocenters. The molecule has 0 saturated heterocycles. The van der Waals surface area contributed by atoms with Crippen LogP contribution in [0.5, 0.6) is 0 Å². The molecule has 3 N–H and O–H groups in total. The molecular weight excluding hydrogens is 461 g/mol. The maximum absolute atomic E-state index is 12.8. The quantitative estimate of drug-likeness (QED) is 0.478. The van der Waals surface area contributed by atoms with Crippen LogP contribution in [0.15, 0.2) is 24.4 Å². The van der Waals surface area contributed by atoms with Crippen molar-refractivity contribution in [3.63, 3.8) is 0 Å². The maximum Gasteiger partial charge on any atom is 0.391 e. The topological polar surface area (TPSA) is 104 Å². The number of aryl methyl sites for hydroxylation is 1. The number of aromatic nitrogens is 4. The summed E-state index contributed by atoms with van der Waals surface area (Å²) in [6, 6.07) is 4.67. The number of aliphatic hydroxyl groups is 1. The third-order valence-electron chi connectivity index (χ3n) is 6.30. The minimum atomic E-state index is -4.30. The van der Waals surface area contributed by atoms with Gasteiger partial charge in [-0.3, -0.25) is 4.79 Å². The molecule has 8 nitrogen and oxygen atoms in total. The summed E-state index contributed by atoms with van der Waals surface area (Å²) >= 11 is 0. The number of aliphatic hydroxyl groups excluding tert-OH is 1. The van der Waals surface area contributed by atoms with Crippen molar-refractivity contribution in [1.82, 2.24) is 24.9 Å². The number of carbonyl (C=O) groups is 1. The van der Waals surface area contributed by atoms with Crippen LogP contribution in [-0.2, 0) is 0 Å². The molecule has 1 amide bonds. The summed E-state index contributed by atoms with van der Waals surface area (Å²) in [7, 11) is 1.54. The molecule has 0 aliphatic heterocycles. The summed E-state index contributed by atoms with van der Waals surface area (Å²) in [6.07, 6.45) is -1.18. The number of rotatable bonds is 6. The molecule has 4 rings (SSSR count). The van der Waals surface area contributed by atoms with Crippen molar-refractivity contribution in [3.8, 4) is 11.1 Å². The van der Waals surface area contributed by atoms with Crippen LogP contribution in [0.1, 0.15) is 66.8 Å². The van der Waals surface area contributed by atoms with E-state index in [9.17, 15) is 23.1 Å². The summed E-state index contributed by atoms with van der Waals surface area (Å²) in [6.45, 7) is 3.24. The van der Waals surface area contributed by atoms with E-state index in [0.29, 0.717) is 24.1 Å². The molecule has 0 bridgehead atoms. The van der Waals surface area contributed by atoms with E-state index in [0.717, 1.165) is 29.7 Å². The van der Waals surface area contributed by atoms with Crippen molar-refractivity contribution < 1.29 is 23.1 Å². The molecule has 3 heterocycles. The number of nitrogens with one attached hydrogen (secondary N) is 2. The molecule has 188 valence electrons. The molecule has 1 saturated carbocycles. The van der Waals surface area contributed by atoms with Gasteiger partial charge in [0.05, 0.1) is 24.2 Å². The lowest BCUT2D eigenvalue weighted by molar-refractivity contribution is -0.136. The van der Waals surface area contributed by atoms with Gasteiger partial charge in [0.1, 0.15) is 5.69 Å². The Morgan fingerprint density at radius 2 is 1.94 bits per heavy atom. The Hall–Kier alpha value is -3.21. The Labute approximate surface area is 201 Å². The zero-order valence-corrected chi connectivity index (χ0v) is 19.9. The molecule has 3 aromatic heterocycles. The number of carbonyl (C=O) groups excluding carboxylic acids is 1. The summed E-state index contributed by atoms with van der Waals surface area (Å²) in [5.41, 5.74) is 4.09. The number of alkyl halides is 3. The molecule has 1 fully saturated rings. The molecule has 1 aliphatic carbocycles. The molecule has 1 atom stereocenters. The van der Waals surface area contributed by atoms with Crippen molar-refractivity contribution in [2.75, 3.05) is 12.4 Å². The van der Waals surface area contributed by atoms with Gasteiger partial charge in [-0.1, -0.05) is 0 Å². The van der Waals surface area contributed by atoms with Gasteiger partial charge >= 0.3 is 6.18 Å². The van der Waals surface area contributed by atoms with Gasteiger partial charge in [0.15, 0.2) is 0 Å². The summed E-state index contributed by atoms with van der Waals surface area (Å²) in [5.74, 6) is -0.0804. The van der Waals surface area contributed by atoms with E-state index in [2.05, 4.69) is 25.7 Å². The van der Waals surface area contributed by atoms with Gasteiger partial charge < -0.3 is 15.7 Å². The molecule has 0 radical (unpaired) electrons. The second-order valence-corrected chi connectivity index (χ2v) is 9.19. The SMILES string of the molecule is CNC(=O)c1cc(-c2cc([C@H]3CC[C@H](O)CC3)n3nc(N[C@@H](C)CC(F)(F)F)ncc23)cc(C)n1. The fourth-order valence-electron chi connectivity index (χ4n) is 4.66. The predicted octanol–water partition coefficient (Wildman–Crippen LogP) is 4.23. The van der Waals surface area contributed by atoms with Crippen LogP contribution in [-0.4, -0.2) is 56.0 Å². The number of hydrogen-bond donors (Lipinski definition) is 3. The van der Waals surface area contributed by atoms with Crippen LogP contribution in [0, 0.1) is 6.92 Å². The van der Waals surface area contributed by atoms with E-state index in [1.54, 1.807) is 23.7 Å². The Morgan fingerprint density at radius 3 is 2.60 bits per heavy atom. The fourth-order valence-corrected chi connectivity index (χ4v) is 4.66. The molecule has 0 aromatic carbocycles. The lowest BCUT2D eigenvalue weighted by Gasteiger charge is -2.25. The van der Waals surface area contributed by atoms with Crippen LogP contribution >= 0.6 is 0 Å². The van der Waals surface area contributed by atoms with Gasteiger partial charge in [0.25, 0.3) is 5.91 Å². The highest BCUT2D eigenvalue weighted by Gasteiger charge is 2.31. The van der Waals surface area contributed by atoms with Gasteiger partial charge in [-0.25, -0.2) is 14.5 Å². The van der Waals surface area contributed by atoms with Gasteiger partial charge in [0.2, 0.25) is 5.95 Å². The molecule has 3 aromatic rings. The smallest absolute Gasteiger partial charge is 0.391 e. The minimum Gasteiger partial charge on any atom is -0.393 e. The maximum atomic E-state index is 12.8. The zero-order chi connectivity index (χ0) is 25.3. The summed E-state index contributed by atoms with van der Waals surface area (Å²) in [5, 5.41) is 19.9. The van der Waals surface area contributed by atoms with Crippen molar-refractivity contribution in [2.45, 2.75) is 70.2 Å². The second-order valence-electron chi connectivity index (χ2n) is 9.19. The standard InChI is InChI=1S/C24H29F3N6O2/c1-13-8-16(9-19(30-13)22(35)28-3)18-10-20(15-4-6-17(34)7-5-15)33-21(18)12-29-23(32-33)31-14(2)11-24(25,26)27/h8-10,12,14-15,17,34H,4-7,11H2,1-3H3,(H,28,35)(H,31,32)/t14-,15-,17-/m0/s1. The Kier molecular flexibility index (Phi) is 6.98. The van der Waals surface area contributed by atoms with Crippen LogP contribution in [0.2, 0.25) is 0 Å². The fraction of sp³-hybridized carbons (Fsp3) is 0.500. The van der Waals surface area contributed by atoms with Gasteiger partial charge in [-0.05, 0) is 63.3 Å². The highest BCUT2D eigenvalue weighted by Crippen LogP contribution is 2.38. The highest BCUT2D eigenvalue weighted by atomic mass is 19.4. The van der Waals surface area contributed by atoms with Crippen molar-refractivity contribution in [3.05, 3.63) is 41.5 Å². The number of anilines is 1. The number of hydrogen-bond acceptors (Lipinski definition) is 6. The monoisotopic (exact) mass is 490 g/mol. The average Bonchev–Trinajstić information content (AvgIpc) is 3.16. The van der Waals surface area contributed by atoms with Crippen LogP contribution in [0.25, 0.3) is 16.6 Å². The van der Waals surface area contributed by atoms with E-state index in [4.69, 9.17) is 0 Å². The minimum absolute atomic E-state index is 0.102. The van der Waals surface area contributed by atoms with E-state index >= 15 is 0 Å². The first-order valence-corrected chi connectivity index (χ1v) is 11.6. The molecular formula is C24H29F3N6O2. The first-order valence-electron chi connectivity index (χ1n) is 11.6. The zero-order valence-electron chi connectivity index (χ0n) is 19.9. The van der Waals surface area contributed by atoms with Crippen molar-refractivity contribution in [2.24, 2.45) is 0 Å². The lowest BCUT2D eigenvalue weighted by Crippen LogP contribution is -2.25. The van der Waals surface area contributed by atoms with Crippen molar-refractivity contribution in [1.29, 1.82) is 0 Å². The van der Waals surface area contributed by atoms with E-state index in [1.807, 2.05) is 12.1 Å². The summed E-state index contributed by atoms with van der Waals surface area (Å²) in [4.78, 5) is 20.8. The number of amides is 1.